The Balaban J connectivity index is 0.00000196. The van der Waals surface area contributed by atoms with E-state index >= 15 is 0 Å². The normalized spacial score (nSPS) is 10.5. The Morgan fingerprint density at radius 3 is 2.67 bits per heavy atom. The van der Waals surface area contributed by atoms with Crippen LogP contribution < -0.4 is 5.72 Å². The van der Waals surface area contributed by atoms with E-state index < -0.39 is 10.1 Å². The Morgan fingerprint density at radius 2 is 2.27 bits per heavy atom. The molecule has 0 aliphatic heterocycles. The Hall–Kier alpha value is 0.159. The minimum absolute atomic E-state index is 0. The van der Waals surface area contributed by atoms with Gasteiger partial charge in [-0.15, -0.1) is 0 Å². The van der Waals surface area contributed by atoms with Crippen LogP contribution in [-0.4, -0.2) is 31.9 Å². The molecule has 1 aromatic heterocycles. The van der Waals surface area contributed by atoms with Gasteiger partial charge in [0.15, 0.2) is 0 Å². The summed E-state index contributed by atoms with van der Waals surface area (Å²) in [5.74, 6) is 0. The first kappa shape index (κ1) is 15.2. The third-order valence-electron chi connectivity index (χ3n) is 1.35. The van der Waals surface area contributed by atoms with Crippen LogP contribution in [0.5, 0.6) is 0 Å². The SMILES string of the molecule is C[B]c1n[c-]c(COS(C)(=O)=O)cn1.[Y]. The predicted octanol–water partition coefficient (Wildman–Crippen LogP) is -0.872. The van der Waals surface area contributed by atoms with Crippen LogP contribution in [-0.2, 0) is 53.6 Å². The van der Waals surface area contributed by atoms with Gasteiger partial charge in [-0.25, -0.2) is 0 Å². The van der Waals surface area contributed by atoms with Crippen molar-refractivity contribution in [3.63, 3.8) is 0 Å². The van der Waals surface area contributed by atoms with Gasteiger partial charge in [-0.2, -0.15) is 8.42 Å². The summed E-state index contributed by atoms with van der Waals surface area (Å²) in [7, 11) is -1.70. The van der Waals surface area contributed by atoms with Crippen molar-refractivity contribution in [2.24, 2.45) is 0 Å². The summed E-state index contributed by atoms with van der Waals surface area (Å²) >= 11 is 0. The Labute approximate surface area is 115 Å². The number of rotatable bonds is 4. The van der Waals surface area contributed by atoms with Crippen LogP contribution in [0.2, 0.25) is 6.82 Å². The molecule has 0 saturated heterocycles. The Morgan fingerprint density at radius 1 is 1.60 bits per heavy atom. The zero-order valence-corrected chi connectivity index (χ0v) is 12.1. The predicted molar refractivity (Wildman–Crippen MR) is 51.8 cm³/mol. The second kappa shape index (κ2) is 6.68. The molecule has 0 atom stereocenters. The van der Waals surface area contributed by atoms with Gasteiger partial charge in [0, 0.05) is 32.7 Å². The van der Waals surface area contributed by atoms with Gasteiger partial charge in [-0.1, -0.05) is 24.8 Å². The van der Waals surface area contributed by atoms with E-state index in [1.54, 1.807) is 14.1 Å². The third-order valence-corrected chi connectivity index (χ3v) is 1.90. The maximum Gasteiger partial charge on any atom is 0.264 e. The van der Waals surface area contributed by atoms with Crippen molar-refractivity contribution in [2.45, 2.75) is 13.4 Å². The third kappa shape index (κ3) is 6.35. The average Bonchev–Trinajstić information content (AvgIpc) is 2.14. The minimum atomic E-state index is -3.42. The average molecular weight is 301 g/mol. The van der Waals surface area contributed by atoms with E-state index in [9.17, 15) is 8.42 Å². The molecule has 1 rings (SSSR count). The van der Waals surface area contributed by atoms with Crippen molar-refractivity contribution in [2.75, 3.05) is 6.26 Å². The van der Waals surface area contributed by atoms with Gasteiger partial charge in [0.05, 0.1) is 12.9 Å². The van der Waals surface area contributed by atoms with E-state index in [0.717, 1.165) is 6.26 Å². The molecule has 0 spiro atoms. The summed E-state index contributed by atoms with van der Waals surface area (Å²) < 4.78 is 25.8. The van der Waals surface area contributed by atoms with Crippen molar-refractivity contribution >= 4 is 23.1 Å². The van der Waals surface area contributed by atoms with Gasteiger partial charge in [-0.05, 0) is 5.72 Å². The van der Waals surface area contributed by atoms with Crippen LogP contribution in [0.1, 0.15) is 5.56 Å². The number of hydrogen-bond acceptors (Lipinski definition) is 5. The molecule has 0 bridgehead atoms. The van der Waals surface area contributed by atoms with Crippen molar-refractivity contribution in [1.29, 1.82) is 0 Å². The van der Waals surface area contributed by atoms with Gasteiger partial charge < -0.3 is 9.97 Å². The molecule has 15 heavy (non-hydrogen) atoms. The number of nitrogens with zero attached hydrogens (tertiary/aromatic N) is 2. The van der Waals surface area contributed by atoms with Gasteiger partial charge in [-0.3, -0.25) is 4.18 Å². The van der Waals surface area contributed by atoms with E-state index in [4.69, 9.17) is 0 Å². The fraction of sp³-hybridized carbons (Fsp3) is 0.429. The van der Waals surface area contributed by atoms with Crippen LogP contribution in [0, 0.1) is 6.20 Å². The molecule has 78 valence electrons. The van der Waals surface area contributed by atoms with Crippen molar-refractivity contribution in [1.82, 2.24) is 9.97 Å². The molecule has 0 N–H and O–H groups in total. The Bertz CT molecular complexity index is 395. The molecule has 1 heterocycles. The van der Waals surface area contributed by atoms with Crippen LogP contribution in [0.15, 0.2) is 6.20 Å². The van der Waals surface area contributed by atoms with Crippen LogP contribution in [0.4, 0.5) is 0 Å². The van der Waals surface area contributed by atoms with Crippen molar-refractivity contribution in [3.05, 3.63) is 18.0 Å². The summed E-state index contributed by atoms with van der Waals surface area (Å²) in [5.41, 5.74) is 1.05. The van der Waals surface area contributed by atoms with Gasteiger partial charge >= 0.3 is 0 Å². The molecule has 5 nitrogen and oxygen atoms in total. The maximum absolute atomic E-state index is 10.6. The number of aromatic nitrogens is 2. The summed E-state index contributed by atoms with van der Waals surface area (Å²) in [4.78, 5) is 7.76. The molecule has 0 unspecified atom stereocenters. The van der Waals surface area contributed by atoms with Gasteiger partial charge in [0.2, 0.25) is 0 Å². The molecule has 0 aliphatic carbocycles. The fourth-order valence-electron chi connectivity index (χ4n) is 0.710. The number of hydrogen-bond donors (Lipinski definition) is 0. The molecule has 8 heteroatoms. The smallest absolute Gasteiger partial charge is 0.264 e. The summed E-state index contributed by atoms with van der Waals surface area (Å²) in [6, 6.07) is 0. The van der Waals surface area contributed by atoms with E-state index in [1.165, 1.54) is 6.20 Å². The van der Waals surface area contributed by atoms with Gasteiger partial charge in [0.25, 0.3) is 10.1 Å². The molecular formula is C7H9BN2O3SY-. The van der Waals surface area contributed by atoms with Crippen LogP contribution >= 0.6 is 0 Å². The molecule has 0 aliphatic rings. The largest absolute Gasteiger partial charge is 0.380 e. The topological polar surface area (TPSA) is 69.2 Å². The monoisotopic (exact) mass is 301 g/mol. The molecule has 2 radical (unpaired) electrons. The summed E-state index contributed by atoms with van der Waals surface area (Å²) in [6.45, 7) is 1.72. The molecule has 0 amide bonds. The van der Waals surface area contributed by atoms with E-state index in [0.29, 0.717) is 11.3 Å². The van der Waals surface area contributed by atoms with E-state index in [1.807, 2.05) is 0 Å². The Kier molecular flexibility index (Phi) is 6.75. The fourth-order valence-corrected chi connectivity index (χ4v) is 1.05. The second-order valence-corrected chi connectivity index (χ2v) is 4.26. The van der Waals surface area contributed by atoms with Crippen LogP contribution in [0.3, 0.4) is 0 Å². The first-order chi connectivity index (χ1) is 6.51. The maximum atomic E-state index is 10.6. The first-order valence-corrected chi connectivity index (χ1v) is 5.70. The van der Waals surface area contributed by atoms with Crippen molar-refractivity contribution < 1.29 is 45.3 Å². The van der Waals surface area contributed by atoms with Crippen molar-refractivity contribution in [3.8, 4) is 0 Å². The van der Waals surface area contributed by atoms with E-state index in [2.05, 4.69) is 20.3 Å². The zero-order valence-electron chi connectivity index (χ0n) is 8.47. The zero-order chi connectivity index (χ0) is 10.6. The van der Waals surface area contributed by atoms with Crippen LogP contribution in [0.25, 0.3) is 0 Å². The van der Waals surface area contributed by atoms with Gasteiger partial charge in [0.1, 0.15) is 7.28 Å². The van der Waals surface area contributed by atoms with E-state index in [-0.39, 0.29) is 39.3 Å². The minimum Gasteiger partial charge on any atom is -0.380 e. The molecule has 0 saturated carbocycles. The summed E-state index contributed by atoms with van der Waals surface area (Å²) in [6.07, 6.45) is 5.10. The molecular weight excluding hydrogens is 292 g/mol. The molecule has 1 aromatic rings. The molecule has 0 fully saturated rings. The molecule has 0 aromatic carbocycles. The summed E-state index contributed by atoms with van der Waals surface area (Å²) in [5, 5.41) is 0. The quantitative estimate of drug-likeness (QED) is 0.411. The standard InChI is InChI=1S/C7H9BN2O3S.Y/c1-8-7-9-3-6(4-10-7)5-13-14(2,11)12;/h3H,5H2,1-2H3;/q-1;. The second-order valence-electron chi connectivity index (χ2n) is 2.62. The first-order valence-electron chi connectivity index (χ1n) is 3.88.